The summed E-state index contributed by atoms with van der Waals surface area (Å²) < 4.78 is 2.29. The van der Waals surface area contributed by atoms with Crippen molar-refractivity contribution in [3.8, 4) is 6.07 Å². The van der Waals surface area contributed by atoms with Crippen molar-refractivity contribution in [2.45, 2.75) is 70.2 Å². The van der Waals surface area contributed by atoms with Crippen molar-refractivity contribution in [1.82, 2.24) is 19.6 Å². The van der Waals surface area contributed by atoms with Crippen LogP contribution < -0.4 is 5.32 Å². The number of benzene rings is 1. The maximum Gasteiger partial charge on any atom is 0.145 e. The second-order valence-electron chi connectivity index (χ2n) is 9.69. The molecule has 7 nitrogen and oxygen atoms in total. The molecule has 2 aliphatic rings. The summed E-state index contributed by atoms with van der Waals surface area (Å²) in [5.74, 6) is 0.705. The van der Waals surface area contributed by atoms with Crippen molar-refractivity contribution in [1.29, 1.82) is 5.26 Å². The van der Waals surface area contributed by atoms with Crippen LogP contribution in [0.2, 0.25) is 5.02 Å². The molecule has 0 amide bonds. The van der Waals surface area contributed by atoms with Gasteiger partial charge in [0.2, 0.25) is 0 Å². The van der Waals surface area contributed by atoms with Gasteiger partial charge in [-0.3, -0.25) is 4.84 Å². The molecule has 4 heterocycles. The fourth-order valence-electron chi connectivity index (χ4n) is 4.98. The van der Waals surface area contributed by atoms with Crippen LogP contribution in [0.5, 0.6) is 0 Å². The third kappa shape index (κ3) is 3.95. The number of aromatic nitrogens is 3. The van der Waals surface area contributed by atoms with Crippen LogP contribution in [-0.4, -0.2) is 37.3 Å². The van der Waals surface area contributed by atoms with Gasteiger partial charge >= 0.3 is 0 Å². The lowest BCUT2D eigenvalue weighted by Gasteiger charge is -2.41. The standard InChI is InChI=1S/C24H27ClN6O/c1-24(2,3)32-31-16-5-6-17(31)12-18(11-16)30-9-8-19-22(27-14-28-23(19)30)29-21-7-4-15(13-26)10-20(21)25/h4,7-10,14,16-18H,5-6,11-12H2,1-3H3,(H,27,28,29)/t16-,17-/m0/s1. The number of hydrogen-bond acceptors (Lipinski definition) is 6. The van der Waals surface area contributed by atoms with Crippen LogP contribution in [0.1, 0.15) is 58.1 Å². The van der Waals surface area contributed by atoms with Crippen molar-refractivity contribution in [2.24, 2.45) is 0 Å². The van der Waals surface area contributed by atoms with Gasteiger partial charge in [0.05, 0.1) is 33.3 Å². The van der Waals surface area contributed by atoms with Crippen LogP contribution in [0.25, 0.3) is 11.0 Å². The third-order valence-electron chi connectivity index (χ3n) is 6.27. The van der Waals surface area contributed by atoms with Gasteiger partial charge in [-0.15, -0.1) is 0 Å². The number of hydrogen-bond donors (Lipinski definition) is 1. The van der Waals surface area contributed by atoms with Crippen LogP contribution in [-0.2, 0) is 4.84 Å². The average Bonchev–Trinajstić information content (AvgIpc) is 3.26. The highest BCUT2D eigenvalue weighted by Gasteiger charge is 2.44. The van der Waals surface area contributed by atoms with E-state index < -0.39 is 0 Å². The lowest BCUT2D eigenvalue weighted by atomic mass is 9.99. The second-order valence-corrected chi connectivity index (χ2v) is 10.1. The summed E-state index contributed by atoms with van der Waals surface area (Å²) in [6, 6.07) is 10.6. The Hall–Kier alpha value is -2.66. The van der Waals surface area contributed by atoms with E-state index in [1.807, 2.05) is 0 Å². The van der Waals surface area contributed by atoms with Crippen molar-refractivity contribution < 1.29 is 4.84 Å². The zero-order chi connectivity index (χ0) is 22.5. The maximum atomic E-state index is 9.06. The Balaban J connectivity index is 1.40. The normalized spacial score (nSPS) is 23.4. The van der Waals surface area contributed by atoms with E-state index in [9.17, 15) is 0 Å². The van der Waals surface area contributed by atoms with Crippen molar-refractivity contribution >= 4 is 34.1 Å². The summed E-state index contributed by atoms with van der Waals surface area (Å²) in [6.45, 7) is 6.34. The fraction of sp³-hybridized carbons (Fsp3) is 0.458. The third-order valence-corrected chi connectivity index (χ3v) is 6.59. The first-order chi connectivity index (χ1) is 15.3. The molecule has 0 aliphatic carbocycles. The average molecular weight is 451 g/mol. The quantitative estimate of drug-likeness (QED) is 0.557. The Morgan fingerprint density at radius 2 is 1.88 bits per heavy atom. The molecule has 8 heteroatoms. The number of halogens is 1. The van der Waals surface area contributed by atoms with Crippen molar-refractivity contribution in [3.05, 3.63) is 47.4 Å². The molecule has 5 rings (SSSR count). The molecule has 0 radical (unpaired) electrons. The van der Waals surface area contributed by atoms with E-state index in [0.29, 0.717) is 40.2 Å². The lowest BCUT2D eigenvalue weighted by Crippen LogP contribution is -2.46. The van der Waals surface area contributed by atoms with E-state index >= 15 is 0 Å². The van der Waals surface area contributed by atoms with Crippen LogP contribution in [0.3, 0.4) is 0 Å². The molecular formula is C24H27ClN6O. The molecule has 2 saturated heterocycles. The zero-order valence-corrected chi connectivity index (χ0v) is 19.3. The van der Waals surface area contributed by atoms with Crippen molar-refractivity contribution in [2.75, 3.05) is 5.32 Å². The molecule has 2 atom stereocenters. The van der Waals surface area contributed by atoms with Gasteiger partial charge in [-0.05, 0) is 70.7 Å². The highest BCUT2D eigenvalue weighted by molar-refractivity contribution is 6.33. The first-order valence-corrected chi connectivity index (χ1v) is 11.5. The Morgan fingerprint density at radius 3 is 2.53 bits per heavy atom. The smallest absolute Gasteiger partial charge is 0.145 e. The van der Waals surface area contributed by atoms with Gasteiger partial charge in [0.25, 0.3) is 0 Å². The molecule has 0 saturated carbocycles. The van der Waals surface area contributed by atoms with E-state index in [-0.39, 0.29) is 5.60 Å². The largest absolute Gasteiger partial charge is 0.338 e. The number of anilines is 2. The summed E-state index contributed by atoms with van der Waals surface area (Å²) in [7, 11) is 0. The Labute approximate surface area is 192 Å². The molecule has 166 valence electrons. The van der Waals surface area contributed by atoms with Crippen LogP contribution >= 0.6 is 11.6 Å². The van der Waals surface area contributed by atoms with Gasteiger partial charge in [-0.25, -0.2) is 9.97 Å². The molecule has 1 aromatic carbocycles. The van der Waals surface area contributed by atoms with E-state index in [4.69, 9.17) is 21.7 Å². The SMILES string of the molecule is CC(C)(C)ON1[C@H]2CC[C@H]1CC(n1ccc3c(Nc4ccc(C#N)cc4Cl)ncnc31)C2. The molecule has 2 aliphatic heterocycles. The Morgan fingerprint density at radius 1 is 1.12 bits per heavy atom. The van der Waals surface area contributed by atoms with E-state index in [0.717, 1.165) is 23.9 Å². The number of piperidine rings is 1. The van der Waals surface area contributed by atoms with Crippen LogP contribution in [0.15, 0.2) is 36.8 Å². The number of nitrogens with zero attached hydrogens (tertiary/aromatic N) is 5. The molecule has 2 aromatic heterocycles. The topological polar surface area (TPSA) is 79.0 Å². The molecule has 0 unspecified atom stereocenters. The number of hydroxylamine groups is 2. The molecule has 3 aromatic rings. The van der Waals surface area contributed by atoms with Crippen molar-refractivity contribution in [3.63, 3.8) is 0 Å². The van der Waals surface area contributed by atoms with E-state index in [2.05, 4.69) is 64.0 Å². The predicted octanol–water partition coefficient (Wildman–Crippen LogP) is 5.60. The van der Waals surface area contributed by atoms with Gasteiger partial charge in [0.1, 0.15) is 17.8 Å². The molecule has 0 spiro atoms. The number of nitrogens with one attached hydrogen (secondary N) is 1. The van der Waals surface area contributed by atoms with Crippen LogP contribution in [0.4, 0.5) is 11.5 Å². The molecule has 32 heavy (non-hydrogen) atoms. The summed E-state index contributed by atoms with van der Waals surface area (Å²) in [5, 5.41) is 16.1. The van der Waals surface area contributed by atoms with Gasteiger partial charge in [0, 0.05) is 24.3 Å². The summed E-state index contributed by atoms with van der Waals surface area (Å²) in [4.78, 5) is 15.3. The predicted molar refractivity (Wildman–Crippen MR) is 125 cm³/mol. The summed E-state index contributed by atoms with van der Waals surface area (Å²) >= 11 is 6.36. The highest BCUT2D eigenvalue weighted by Crippen LogP contribution is 2.43. The summed E-state index contributed by atoms with van der Waals surface area (Å²) in [5.41, 5.74) is 1.98. The number of fused-ring (bicyclic) bond motifs is 3. The minimum Gasteiger partial charge on any atom is -0.338 e. The Bertz CT molecular complexity index is 1180. The van der Waals surface area contributed by atoms with Crippen LogP contribution in [0, 0.1) is 11.3 Å². The van der Waals surface area contributed by atoms with Gasteiger partial charge in [0.15, 0.2) is 0 Å². The molecule has 1 N–H and O–H groups in total. The maximum absolute atomic E-state index is 9.06. The minimum absolute atomic E-state index is 0.172. The minimum atomic E-state index is -0.172. The van der Waals surface area contributed by atoms with Gasteiger partial charge in [-0.1, -0.05) is 11.6 Å². The zero-order valence-electron chi connectivity index (χ0n) is 18.5. The lowest BCUT2D eigenvalue weighted by molar-refractivity contribution is -0.266. The first-order valence-electron chi connectivity index (χ1n) is 11.1. The van der Waals surface area contributed by atoms with Gasteiger partial charge in [-0.2, -0.15) is 10.3 Å². The summed E-state index contributed by atoms with van der Waals surface area (Å²) in [6.07, 6.45) is 8.15. The Kier molecular flexibility index (Phi) is 5.32. The molecule has 2 fully saturated rings. The fourth-order valence-corrected chi connectivity index (χ4v) is 5.20. The van der Waals surface area contributed by atoms with E-state index in [1.165, 1.54) is 12.8 Å². The highest BCUT2D eigenvalue weighted by atomic mass is 35.5. The first kappa shape index (κ1) is 21.2. The molecular weight excluding hydrogens is 424 g/mol. The number of nitriles is 1. The molecule has 2 bridgehead atoms. The monoisotopic (exact) mass is 450 g/mol. The van der Waals surface area contributed by atoms with Gasteiger partial charge < -0.3 is 9.88 Å². The van der Waals surface area contributed by atoms with E-state index in [1.54, 1.807) is 24.5 Å². The second kappa shape index (κ2) is 8.04. The number of rotatable bonds is 4.